The predicted octanol–water partition coefficient (Wildman–Crippen LogP) is 2.43. The minimum absolute atomic E-state index is 0. The maximum absolute atomic E-state index is 11.9. The topological polar surface area (TPSA) is 72.2 Å². The first-order valence-corrected chi connectivity index (χ1v) is 7.09. The number of rotatable bonds is 4. The average Bonchev–Trinajstić information content (AvgIpc) is 2.18. The van der Waals surface area contributed by atoms with Crippen LogP contribution in [0.5, 0.6) is 0 Å². The van der Waals surface area contributed by atoms with Gasteiger partial charge in [-0.1, -0.05) is 23.2 Å². The largest absolute Gasteiger partial charge is 0.324 e. The molecule has 1 aromatic carbocycles. The van der Waals surface area contributed by atoms with Crippen molar-refractivity contribution >= 4 is 45.6 Å². The normalized spacial score (nSPS) is 12.1. The molecule has 0 unspecified atom stereocenters. The van der Waals surface area contributed by atoms with E-state index < -0.39 is 15.6 Å². The number of sulfonamides is 1. The summed E-state index contributed by atoms with van der Waals surface area (Å²) in [5.41, 5.74) is 5.08. The quantitative estimate of drug-likeness (QED) is 0.889. The van der Waals surface area contributed by atoms with E-state index in [9.17, 15) is 8.42 Å². The van der Waals surface area contributed by atoms with Gasteiger partial charge >= 0.3 is 0 Å². The van der Waals surface area contributed by atoms with Crippen molar-refractivity contribution in [3.05, 3.63) is 28.2 Å². The van der Waals surface area contributed by atoms with E-state index in [1.807, 2.05) is 0 Å². The Morgan fingerprint density at radius 3 is 2.28 bits per heavy atom. The third-order valence-corrected chi connectivity index (χ3v) is 4.06. The zero-order chi connectivity index (χ0) is 13.3. The molecule has 0 aliphatic rings. The first kappa shape index (κ1) is 18.0. The summed E-state index contributed by atoms with van der Waals surface area (Å²) in [6.07, 6.45) is 0. The van der Waals surface area contributed by atoms with Gasteiger partial charge in [-0.3, -0.25) is 0 Å². The molecule has 0 aliphatic carbocycles. The summed E-state index contributed by atoms with van der Waals surface area (Å²) < 4.78 is 26.2. The molecule has 0 fully saturated rings. The summed E-state index contributed by atoms with van der Waals surface area (Å²) in [6, 6.07) is 4.13. The van der Waals surface area contributed by atoms with Crippen LogP contribution in [0.3, 0.4) is 0 Å². The van der Waals surface area contributed by atoms with Crippen LogP contribution in [-0.2, 0) is 10.0 Å². The molecule has 0 saturated carbocycles. The Bertz CT molecular complexity index is 512. The summed E-state index contributed by atoms with van der Waals surface area (Å²) in [5, 5.41) is 0.506. The van der Waals surface area contributed by atoms with E-state index in [0.717, 1.165) is 0 Å². The van der Waals surface area contributed by atoms with Gasteiger partial charge in [-0.15, -0.1) is 12.4 Å². The van der Waals surface area contributed by atoms with E-state index in [1.54, 1.807) is 13.8 Å². The lowest BCUT2D eigenvalue weighted by Gasteiger charge is -2.19. The molecule has 1 aromatic rings. The number of hydrogen-bond donors (Lipinski definition) is 2. The molecule has 18 heavy (non-hydrogen) atoms. The molecule has 0 saturated heterocycles. The van der Waals surface area contributed by atoms with Crippen LogP contribution in [0.25, 0.3) is 0 Å². The Kier molecular flexibility index (Phi) is 6.40. The smallest absolute Gasteiger partial charge is 0.240 e. The monoisotopic (exact) mass is 332 g/mol. The fourth-order valence-electron chi connectivity index (χ4n) is 1.01. The number of hydrogen-bond acceptors (Lipinski definition) is 3. The van der Waals surface area contributed by atoms with E-state index >= 15 is 0 Å². The number of nitrogens with one attached hydrogen (secondary N) is 1. The Morgan fingerprint density at radius 2 is 1.83 bits per heavy atom. The minimum atomic E-state index is -3.61. The summed E-state index contributed by atoms with van der Waals surface area (Å²) in [7, 11) is -3.61. The molecule has 3 N–H and O–H groups in total. The zero-order valence-corrected chi connectivity index (χ0v) is 13.1. The van der Waals surface area contributed by atoms with Crippen LogP contribution in [-0.4, -0.2) is 20.5 Å². The van der Waals surface area contributed by atoms with Crippen molar-refractivity contribution < 1.29 is 8.42 Å². The van der Waals surface area contributed by atoms with Crippen molar-refractivity contribution in [3.63, 3.8) is 0 Å². The van der Waals surface area contributed by atoms with Crippen molar-refractivity contribution in [1.82, 2.24) is 4.72 Å². The highest BCUT2D eigenvalue weighted by Gasteiger charge is 2.19. The van der Waals surface area contributed by atoms with Crippen molar-refractivity contribution in [2.45, 2.75) is 24.3 Å². The Hall–Kier alpha value is -0.0400. The van der Waals surface area contributed by atoms with E-state index in [-0.39, 0.29) is 28.9 Å². The lowest BCUT2D eigenvalue weighted by Crippen LogP contribution is -2.45. The number of benzene rings is 1. The molecule has 0 aliphatic heterocycles. The SMILES string of the molecule is CC(C)(N)CNS(=O)(=O)c1ccc(Cl)c(Cl)c1.Cl. The van der Waals surface area contributed by atoms with E-state index in [4.69, 9.17) is 28.9 Å². The van der Waals surface area contributed by atoms with E-state index in [1.165, 1.54) is 18.2 Å². The molecule has 0 aromatic heterocycles. The second kappa shape index (κ2) is 6.41. The molecule has 0 heterocycles. The van der Waals surface area contributed by atoms with Gasteiger partial charge in [-0.25, -0.2) is 13.1 Å². The first-order valence-electron chi connectivity index (χ1n) is 4.85. The Morgan fingerprint density at radius 1 is 1.28 bits per heavy atom. The van der Waals surface area contributed by atoms with Gasteiger partial charge in [-0.05, 0) is 32.0 Å². The molecule has 0 bridgehead atoms. The minimum Gasteiger partial charge on any atom is -0.324 e. The highest BCUT2D eigenvalue weighted by atomic mass is 35.5. The van der Waals surface area contributed by atoms with Crippen LogP contribution in [0.2, 0.25) is 10.0 Å². The zero-order valence-electron chi connectivity index (χ0n) is 9.91. The molecule has 1 rings (SSSR count). The van der Waals surface area contributed by atoms with Crippen LogP contribution >= 0.6 is 35.6 Å². The van der Waals surface area contributed by atoms with Gasteiger partial charge in [-0.2, -0.15) is 0 Å². The van der Waals surface area contributed by atoms with Gasteiger partial charge in [0.2, 0.25) is 10.0 Å². The van der Waals surface area contributed by atoms with Gasteiger partial charge in [0.1, 0.15) is 0 Å². The fourth-order valence-corrected chi connectivity index (χ4v) is 2.62. The molecule has 0 spiro atoms. The van der Waals surface area contributed by atoms with Gasteiger partial charge in [0.05, 0.1) is 14.9 Å². The summed E-state index contributed by atoms with van der Waals surface area (Å²) >= 11 is 11.5. The van der Waals surface area contributed by atoms with Crippen molar-refractivity contribution in [3.8, 4) is 0 Å². The first-order chi connectivity index (χ1) is 7.62. The average molecular weight is 334 g/mol. The lowest BCUT2D eigenvalue weighted by atomic mass is 10.1. The third-order valence-electron chi connectivity index (χ3n) is 1.92. The summed E-state index contributed by atoms with van der Waals surface area (Å²) in [4.78, 5) is 0.0659. The van der Waals surface area contributed by atoms with E-state index in [0.29, 0.717) is 5.02 Å². The van der Waals surface area contributed by atoms with Crippen molar-refractivity contribution in [2.24, 2.45) is 5.73 Å². The van der Waals surface area contributed by atoms with Crippen molar-refractivity contribution in [2.75, 3.05) is 6.54 Å². The van der Waals surface area contributed by atoms with Crippen LogP contribution in [0.1, 0.15) is 13.8 Å². The number of nitrogens with two attached hydrogens (primary N) is 1. The Balaban J connectivity index is 0.00000289. The summed E-state index contributed by atoms with van der Waals surface area (Å²) in [6.45, 7) is 3.59. The van der Waals surface area contributed by atoms with Crippen LogP contribution < -0.4 is 10.5 Å². The van der Waals surface area contributed by atoms with Crippen molar-refractivity contribution in [1.29, 1.82) is 0 Å². The molecular weight excluding hydrogens is 319 g/mol. The van der Waals surface area contributed by atoms with Gasteiger partial charge < -0.3 is 5.73 Å². The van der Waals surface area contributed by atoms with Gasteiger partial charge in [0.15, 0.2) is 0 Å². The molecular formula is C10H15Cl3N2O2S. The predicted molar refractivity (Wildman–Crippen MR) is 77.2 cm³/mol. The highest BCUT2D eigenvalue weighted by molar-refractivity contribution is 7.89. The molecule has 0 atom stereocenters. The molecule has 0 amide bonds. The van der Waals surface area contributed by atoms with Gasteiger partial charge in [0, 0.05) is 12.1 Å². The van der Waals surface area contributed by atoms with Crippen LogP contribution in [0.4, 0.5) is 0 Å². The standard InChI is InChI=1S/C10H14Cl2N2O2S.ClH/c1-10(2,13)6-14-17(15,16)7-3-4-8(11)9(12)5-7;/h3-5,14H,6,13H2,1-2H3;1H. The van der Waals surface area contributed by atoms with Gasteiger partial charge in [0.25, 0.3) is 0 Å². The van der Waals surface area contributed by atoms with E-state index in [2.05, 4.69) is 4.72 Å². The molecule has 104 valence electrons. The summed E-state index contributed by atoms with van der Waals surface area (Å²) in [5.74, 6) is 0. The molecule has 8 heteroatoms. The van der Waals surface area contributed by atoms with Crippen LogP contribution in [0, 0.1) is 0 Å². The second-order valence-electron chi connectivity index (χ2n) is 4.39. The Labute approximate surface area is 123 Å². The third kappa shape index (κ3) is 5.30. The lowest BCUT2D eigenvalue weighted by molar-refractivity contribution is 0.498. The maximum atomic E-state index is 11.9. The van der Waals surface area contributed by atoms with Crippen LogP contribution in [0.15, 0.2) is 23.1 Å². The molecule has 0 radical (unpaired) electrons. The second-order valence-corrected chi connectivity index (χ2v) is 6.97. The molecule has 4 nitrogen and oxygen atoms in total. The highest BCUT2D eigenvalue weighted by Crippen LogP contribution is 2.24. The fraction of sp³-hybridized carbons (Fsp3) is 0.400. The number of halogens is 3. The maximum Gasteiger partial charge on any atom is 0.240 e.